The van der Waals surface area contributed by atoms with E-state index in [4.69, 9.17) is 4.52 Å². The number of anilines is 1. The number of nitrogens with one attached hydrogen (secondary N) is 2. The molecule has 1 aliphatic rings. The fraction of sp³-hybridized carbons (Fsp3) is 0.458. The molecule has 4 rings (SSSR count). The summed E-state index contributed by atoms with van der Waals surface area (Å²) in [5, 5.41) is 14.0. The lowest BCUT2D eigenvalue weighted by Gasteiger charge is -2.26. The number of carbonyl (C=O) groups is 2. The van der Waals surface area contributed by atoms with Gasteiger partial charge in [-0.2, -0.15) is 5.10 Å². The first-order valence-electron chi connectivity index (χ1n) is 11.4. The zero-order chi connectivity index (χ0) is 23.4. The molecule has 2 amide bonds. The monoisotopic (exact) mass is 450 g/mol. The van der Waals surface area contributed by atoms with Crippen LogP contribution in [0.4, 0.5) is 5.69 Å². The van der Waals surface area contributed by atoms with E-state index in [0.29, 0.717) is 17.1 Å². The van der Waals surface area contributed by atoms with Crippen molar-refractivity contribution in [2.24, 2.45) is 13.0 Å². The summed E-state index contributed by atoms with van der Waals surface area (Å²) in [5.74, 6) is 0.248. The van der Waals surface area contributed by atoms with Gasteiger partial charge in [0.2, 0.25) is 5.91 Å². The Hall–Kier alpha value is -3.49. The maximum Gasteiger partial charge on any atom is 0.270 e. The molecule has 0 saturated heterocycles. The van der Waals surface area contributed by atoms with E-state index in [1.54, 1.807) is 31.6 Å². The third kappa shape index (κ3) is 5.13. The molecule has 9 heteroatoms. The van der Waals surface area contributed by atoms with Crippen LogP contribution in [0.2, 0.25) is 0 Å². The maximum absolute atomic E-state index is 13.3. The second-order valence-electron chi connectivity index (χ2n) is 8.66. The van der Waals surface area contributed by atoms with Crippen molar-refractivity contribution >= 4 is 17.5 Å². The zero-order valence-electron chi connectivity index (χ0n) is 19.3. The molecule has 3 heterocycles. The third-order valence-electron chi connectivity index (χ3n) is 6.31. The number of hydrogen-bond donors (Lipinski definition) is 2. The summed E-state index contributed by atoms with van der Waals surface area (Å²) in [6, 6.07) is 4.65. The Bertz CT molecular complexity index is 1090. The summed E-state index contributed by atoms with van der Waals surface area (Å²) < 4.78 is 6.73. The van der Waals surface area contributed by atoms with Crippen LogP contribution in [0.15, 0.2) is 35.1 Å². The van der Waals surface area contributed by atoms with Crippen LogP contribution in [0.25, 0.3) is 11.3 Å². The number of pyridine rings is 1. The standard InChI is InChI=1S/C24H30N6O3/c1-15-21(16(2)33-29-15)19-11-10-18(14-25-19)27-24(32)22(17-8-6-4-5-7-9-17)28-23(31)20-12-13-26-30(20)3/h10-14,17,22H,4-9H2,1-3H3,(H,27,32)(H,28,31). The van der Waals surface area contributed by atoms with Crippen molar-refractivity contribution in [1.29, 1.82) is 0 Å². The van der Waals surface area contributed by atoms with Crippen molar-refractivity contribution in [3.8, 4) is 11.3 Å². The van der Waals surface area contributed by atoms with Crippen molar-refractivity contribution in [3.05, 3.63) is 47.7 Å². The van der Waals surface area contributed by atoms with Crippen LogP contribution >= 0.6 is 0 Å². The molecule has 33 heavy (non-hydrogen) atoms. The van der Waals surface area contributed by atoms with Gasteiger partial charge < -0.3 is 15.2 Å². The van der Waals surface area contributed by atoms with Crippen molar-refractivity contribution in [3.63, 3.8) is 0 Å². The molecule has 0 aliphatic heterocycles. The quantitative estimate of drug-likeness (QED) is 0.552. The van der Waals surface area contributed by atoms with E-state index >= 15 is 0 Å². The highest BCUT2D eigenvalue weighted by Crippen LogP contribution is 2.28. The smallest absolute Gasteiger partial charge is 0.270 e. The average Bonchev–Trinajstić information content (AvgIpc) is 3.26. The summed E-state index contributed by atoms with van der Waals surface area (Å²) in [6.07, 6.45) is 9.45. The van der Waals surface area contributed by atoms with Gasteiger partial charge >= 0.3 is 0 Å². The highest BCUT2D eigenvalue weighted by molar-refractivity contribution is 6.00. The topological polar surface area (TPSA) is 115 Å². The van der Waals surface area contributed by atoms with E-state index in [0.717, 1.165) is 55.5 Å². The Kier molecular flexibility index (Phi) is 6.86. The summed E-state index contributed by atoms with van der Waals surface area (Å²) >= 11 is 0. The number of aryl methyl sites for hydroxylation is 3. The lowest BCUT2D eigenvalue weighted by Crippen LogP contribution is -2.48. The van der Waals surface area contributed by atoms with Gasteiger partial charge in [0.15, 0.2) is 0 Å². The predicted octanol–water partition coefficient (Wildman–Crippen LogP) is 3.79. The largest absolute Gasteiger partial charge is 0.361 e. The van der Waals surface area contributed by atoms with E-state index in [1.165, 1.54) is 4.68 Å². The molecule has 3 aromatic rings. The predicted molar refractivity (Wildman–Crippen MR) is 123 cm³/mol. The number of carbonyl (C=O) groups excluding carboxylic acids is 2. The van der Waals surface area contributed by atoms with Crippen LogP contribution in [-0.4, -0.2) is 37.8 Å². The van der Waals surface area contributed by atoms with Gasteiger partial charge in [-0.3, -0.25) is 19.3 Å². The number of nitrogens with zero attached hydrogens (tertiary/aromatic N) is 4. The minimum absolute atomic E-state index is 0.0826. The molecule has 0 aromatic carbocycles. The molecule has 0 bridgehead atoms. The summed E-state index contributed by atoms with van der Waals surface area (Å²) in [7, 11) is 1.71. The number of amides is 2. The summed E-state index contributed by atoms with van der Waals surface area (Å²) in [5.41, 5.74) is 3.35. The highest BCUT2D eigenvalue weighted by Gasteiger charge is 2.31. The summed E-state index contributed by atoms with van der Waals surface area (Å²) in [4.78, 5) is 30.7. The molecule has 3 aromatic heterocycles. The Morgan fingerprint density at radius 1 is 1.12 bits per heavy atom. The molecule has 174 valence electrons. The van der Waals surface area contributed by atoms with E-state index in [9.17, 15) is 9.59 Å². The van der Waals surface area contributed by atoms with E-state index in [2.05, 4.69) is 25.9 Å². The van der Waals surface area contributed by atoms with Gasteiger partial charge in [-0.25, -0.2) is 0 Å². The first-order chi connectivity index (χ1) is 15.9. The van der Waals surface area contributed by atoms with Crippen LogP contribution in [0.1, 0.15) is 60.5 Å². The molecular formula is C24H30N6O3. The first kappa shape index (κ1) is 22.7. The molecule has 1 atom stereocenters. The zero-order valence-corrected chi connectivity index (χ0v) is 19.3. The third-order valence-corrected chi connectivity index (χ3v) is 6.31. The van der Waals surface area contributed by atoms with Gasteiger partial charge in [-0.15, -0.1) is 0 Å². The van der Waals surface area contributed by atoms with Gasteiger partial charge in [0, 0.05) is 13.2 Å². The minimum Gasteiger partial charge on any atom is -0.361 e. The second kappa shape index (κ2) is 9.97. The lowest BCUT2D eigenvalue weighted by atomic mass is 9.91. The van der Waals surface area contributed by atoms with Crippen LogP contribution in [0.5, 0.6) is 0 Å². The minimum atomic E-state index is -0.632. The normalized spacial score (nSPS) is 15.6. The molecule has 1 unspecified atom stereocenters. The number of hydrogen-bond acceptors (Lipinski definition) is 6. The molecule has 9 nitrogen and oxygen atoms in total. The van der Waals surface area contributed by atoms with Gasteiger partial charge in [-0.05, 0) is 50.8 Å². The second-order valence-corrected chi connectivity index (χ2v) is 8.66. The van der Waals surface area contributed by atoms with Crippen molar-refractivity contribution in [1.82, 2.24) is 25.2 Å². The SMILES string of the molecule is Cc1noc(C)c1-c1ccc(NC(=O)C(NC(=O)c2ccnn2C)C2CCCCCC2)cn1. The maximum atomic E-state index is 13.3. The van der Waals surface area contributed by atoms with Gasteiger partial charge in [0.25, 0.3) is 5.91 Å². The van der Waals surface area contributed by atoms with Gasteiger partial charge in [0.1, 0.15) is 17.5 Å². The van der Waals surface area contributed by atoms with Crippen LogP contribution in [0, 0.1) is 19.8 Å². The van der Waals surface area contributed by atoms with Crippen LogP contribution in [0.3, 0.4) is 0 Å². The molecule has 1 aliphatic carbocycles. The van der Waals surface area contributed by atoms with Crippen LogP contribution in [-0.2, 0) is 11.8 Å². The Labute approximate surface area is 192 Å². The van der Waals surface area contributed by atoms with Crippen molar-refractivity contribution in [2.75, 3.05) is 5.32 Å². The van der Waals surface area contributed by atoms with Gasteiger partial charge in [0.05, 0.1) is 28.8 Å². The molecule has 1 fully saturated rings. The van der Waals surface area contributed by atoms with Crippen LogP contribution < -0.4 is 10.6 Å². The Balaban J connectivity index is 1.52. The molecule has 1 saturated carbocycles. The fourth-order valence-electron chi connectivity index (χ4n) is 4.54. The first-order valence-corrected chi connectivity index (χ1v) is 11.4. The lowest BCUT2D eigenvalue weighted by molar-refractivity contribution is -0.119. The molecular weight excluding hydrogens is 420 g/mol. The van der Waals surface area contributed by atoms with E-state index in [1.807, 2.05) is 19.9 Å². The fourth-order valence-corrected chi connectivity index (χ4v) is 4.54. The Morgan fingerprint density at radius 2 is 1.88 bits per heavy atom. The molecule has 0 spiro atoms. The van der Waals surface area contributed by atoms with Crippen molar-refractivity contribution < 1.29 is 14.1 Å². The number of rotatable bonds is 6. The Morgan fingerprint density at radius 3 is 2.45 bits per heavy atom. The van der Waals surface area contributed by atoms with E-state index < -0.39 is 6.04 Å². The molecule has 2 N–H and O–H groups in total. The average molecular weight is 451 g/mol. The highest BCUT2D eigenvalue weighted by atomic mass is 16.5. The summed E-state index contributed by atoms with van der Waals surface area (Å²) in [6.45, 7) is 3.71. The van der Waals surface area contributed by atoms with Gasteiger partial charge in [-0.1, -0.05) is 30.8 Å². The van der Waals surface area contributed by atoms with E-state index in [-0.39, 0.29) is 17.7 Å². The van der Waals surface area contributed by atoms with Crippen molar-refractivity contribution in [2.45, 2.75) is 58.4 Å². The number of aromatic nitrogens is 4. The molecule has 0 radical (unpaired) electrons.